The zero-order valence-corrected chi connectivity index (χ0v) is 12.1. The Kier molecular flexibility index (Phi) is 3.48. The lowest BCUT2D eigenvalue weighted by molar-refractivity contribution is 0.0690. The summed E-state index contributed by atoms with van der Waals surface area (Å²) in [5.74, 6) is 0.775. The van der Waals surface area contributed by atoms with Crippen molar-refractivity contribution in [2.75, 3.05) is 18.0 Å². The number of aryl methyl sites for hydroxylation is 1. The predicted octanol–water partition coefficient (Wildman–Crippen LogP) is 3.17. The van der Waals surface area contributed by atoms with Gasteiger partial charge >= 0.3 is 5.97 Å². The van der Waals surface area contributed by atoms with Crippen LogP contribution >= 0.6 is 11.3 Å². The van der Waals surface area contributed by atoms with Crippen LogP contribution in [0.2, 0.25) is 0 Å². The summed E-state index contributed by atoms with van der Waals surface area (Å²) in [6, 6.07) is 0. The molecule has 3 rings (SSSR count). The molecule has 2 atom stereocenters. The number of rotatable bonds is 2. The van der Waals surface area contributed by atoms with E-state index in [1.54, 1.807) is 0 Å². The summed E-state index contributed by atoms with van der Waals surface area (Å²) < 4.78 is 0. The Hall–Kier alpha value is -1.10. The second-order valence-corrected chi connectivity index (χ2v) is 6.93. The molecule has 1 aromatic rings. The van der Waals surface area contributed by atoms with Crippen molar-refractivity contribution in [2.24, 2.45) is 11.8 Å². The number of hydrogen-bond donors (Lipinski definition) is 1. The Morgan fingerprint density at radius 3 is 2.74 bits per heavy atom. The minimum Gasteiger partial charge on any atom is -0.476 e. The van der Waals surface area contributed by atoms with Gasteiger partial charge in [0.15, 0.2) is 10.8 Å². The summed E-state index contributed by atoms with van der Waals surface area (Å²) in [6.45, 7) is 3.95. The fraction of sp³-hybridized carbons (Fsp3) is 0.714. The van der Waals surface area contributed by atoms with Crippen LogP contribution in [0.3, 0.4) is 0 Å². The highest BCUT2D eigenvalue weighted by Gasteiger charge is 2.32. The van der Waals surface area contributed by atoms with Gasteiger partial charge in [0.1, 0.15) is 0 Å². The van der Waals surface area contributed by atoms with E-state index in [-0.39, 0.29) is 5.69 Å². The number of aromatic carboxylic acids is 1. The van der Waals surface area contributed by atoms with Crippen molar-refractivity contribution >= 4 is 22.4 Å². The van der Waals surface area contributed by atoms with Crippen LogP contribution in [0.15, 0.2) is 0 Å². The van der Waals surface area contributed by atoms with E-state index in [0.717, 1.165) is 34.9 Å². The molecule has 19 heavy (non-hydrogen) atoms. The number of carboxylic acids is 1. The maximum absolute atomic E-state index is 11.1. The lowest BCUT2D eigenvalue weighted by Gasteiger charge is -2.41. The van der Waals surface area contributed by atoms with Crippen molar-refractivity contribution < 1.29 is 9.90 Å². The number of thiazole rings is 1. The van der Waals surface area contributed by atoms with Crippen LogP contribution in [-0.4, -0.2) is 29.1 Å². The van der Waals surface area contributed by atoms with Crippen LogP contribution in [0.4, 0.5) is 5.13 Å². The van der Waals surface area contributed by atoms with E-state index in [1.807, 2.05) is 6.92 Å². The lowest BCUT2D eigenvalue weighted by Crippen LogP contribution is -2.41. The zero-order chi connectivity index (χ0) is 13.4. The van der Waals surface area contributed by atoms with Crippen molar-refractivity contribution in [3.8, 4) is 0 Å². The smallest absolute Gasteiger partial charge is 0.355 e. The van der Waals surface area contributed by atoms with Crippen molar-refractivity contribution in [1.82, 2.24) is 4.98 Å². The molecule has 0 spiro atoms. The third kappa shape index (κ3) is 2.48. The quantitative estimate of drug-likeness (QED) is 0.904. The molecule has 1 N–H and O–H groups in total. The number of nitrogens with zero attached hydrogens (tertiary/aromatic N) is 2. The number of piperidine rings is 1. The van der Waals surface area contributed by atoms with Gasteiger partial charge in [-0.2, -0.15) is 0 Å². The molecule has 0 aromatic carbocycles. The van der Waals surface area contributed by atoms with Crippen molar-refractivity contribution in [1.29, 1.82) is 0 Å². The normalized spacial score (nSPS) is 27.1. The maximum Gasteiger partial charge on any atom is 0.355 e. The van der Waals surface area contributed by atoms with Gasteiger partial charge < -0.3 is 10.0 Å². The minimum atomic E-state index is -0.910. The highest BCUT2D eigenvalue weighted by Crippen LogP contribution is 2.38. The summed E-state index contributed by atoms with van der Waals surface area (Å²) in [7, 11) is 0. The fourth-order valence-corrected chi connectivity index (χ4v) is 4.43. The standard InChI is InChI=1S/C14H20N2O2S/c1-9-12(13(17)18)15-14(19-9)16-7-6-10-4-2-3-5-11(10)8-16/h10-11H,2-8H2,1H3,(H,17,18). The van der Waals surface area contributed by atoms with E-state index in [1.165, 1.54) is 43.4 Å². The molecule has 1 aromatic heterocycles. The Bertz CT molecular complexity index is 486. The summed E-state index contributed by atoms with van der Waals surface area (Å²) in [5.41, 5.74) is 0.228. The van der Waals surface area contributed by atoms with E-state index >= 15 is 0 Å². The number of aromatic nitrogens is 1. The molecule has 2 fully saturated rings. The molecule has 2 unspecified atom stereocenters. The average molecular weight is 280 g/mol. The number of fused-ring (bicyclic) bond motifs is 1. The van der Waals surface area contributed by atoms with Crippen LogP contribution in [0, 0.1) is 18.8 Å². The first-order valence-corrected chi connectivity index (χ1v) is 7.92. The van der Waals surface area contributed by atoms with Gasteiger partial charge in [-0.3, -0.25) is 0 Å². The molecule has 0 radical (unpaired) electrons. The Balaban J connectivity index is 1.76. The van der Waals surface area contributed by atoms with Gasteiger partial charge in [-0.15, -0.1) is 11.3 Å². The van der Waals surface area contributed by atoms with Gasteiger partial charge in [0.2, 0.25) is 0 Å². The largest absolute Gasteiger partial charge is 0.476 e. The average Bonchev–Trinajstić information content (AvgIpc) is 2.80. The number of carbonyl (C=O) groups is 1. The van der Waals surface area contributed by atoms with Crippen LogP contribution < -0.4 is 4.90 Å². The molecule has 1 aliphatic carbocycles. The molecule has 5 heteroatoms. The predicted molar refractivity (Wildman–Crippen MR) is 76.1 cm³/mol. The summed E-state index contributed by atoms with van der Waals surface area (Å²) in [5, 5.41) is 9.99. The van der Waals surface area contributed by atoms with E-state index < -0.39 is 5.97 Å². The first-order valence-electron chi connectivity index (χ1n) is 7.11. The Labute approximate surface area is 117 Å². The van der Waals surface area contributed by atoms with Crippen LogP contribution in [0.1, 0.15) is 47.5 Å². The molecular weight excluding hydrogens is 260 g/mol. The third-order valence-corrected chi connectivity index (χ3v) is 5.58. The van der Waals surface area contributed by atoms with Gasteiger partial charge in [-0.05, 0) is 31.6 Å². The molecule has 0 bridgehead atoms. The van der Waals surface area contributed by atoms with E-state index in [2.05, 4.69) is 9.88 Å². The number of carboxylic acid groups (broad SMARTS) is 1. The number of anilines is 1. The molecule has 1 saturated carbocycles. The van der Waals surface area contributed by atoms with Crippen molar-refractivity contribution in [3.05, 3.63) is 10.6 Å². The van der Waals surface area contributed by atoms with Crippen LogP contribution in [-0.2, 0) is 0 Å². The topological polar surface area (TPSA) is 53.4 Å². The molecule has 2 heterocycles. The highest BCUT2D eigenvalue weighted by molar-refractivity contribution is 7.15. The SMILES string of the molecule is Cc1sc(N2CCC3CCCCC3C2)nc1C(=O)O. The zero-order valence-electron chi connectivity index (χ0n) is 11.3. The maximum atomic E-state index is 11.1. The first kappa shape index (κ1) is 12.9. The second kappa shape index (κ2) is 5.12. The fourth-order valence-electron chi connectivity index (χ4n) is 3.49. The molecule has 4 nitrogen and oxygen atoms in total. The van der Waals surface area contributed by atoms with Crippen molar-refractivity contribution in [2.45, 2.75) is 39.0 Å². The third-order valence-electron chi connectivity index (χ3n) is 4.55. The summed E-state index contributed by atoms with van der Waals surface area (Å²) in [6.07, 6.45) is 6.70. The first-order chi connectivity index (χ1) is 9.15. The summed E-state index contributed by atoms with van der Waals surface area (Å²) in [4.78, 5) is 18.5. The molecule has 0 amide bonds. The van der Waals surface area contributed by atoms with Gasteiger partial charge in [0.25, 0.3) is 0 Å². The second-order valence-electron chi connectivity index (χ2n) is 5.75. The highest BCUT2D eigenvalue weighted by atomic mass is 32.1. The van der Waals surface area contributed by atoms with Gasteiger partial charge in [0, 0.05) is 18.0 Å². The van der Waals surface area contributed by atoms with Crippen LogP contribution in [0.5, 0.6) is 0 Å². The Morgan fingerprint density at radius 1 is 1.32 bits per heavy atom. The molecule has 104 valence electrons. The van der Waals surface area contributed by atoms with E-state index in [0.29, 0.717) is 0 Å². The van der Waals surface area contributed by atoms with E-state index in [9.17, 15) is 4.79 Å². The lowest BCUT2D eigenvalue weighted by atomic mass is 9.75. The molecule has 2 aliphatic rings. The van der Waals surface area contributed by atoms with E-state index in [4.69, 9.17) is 5.11 Å². The van der Waals surface area contributed by atoms with Gasteiger partial charge in [-0.1, -0.05) is 19.3 Å². The number of hydrogen-bond acceptors (Lipinski definition) is 4. The monoisotopic (exact) mass is 280 g/mol. The molecule has 1 aliphatic heterocycles. The summed E-state index contributed by atoms with van der Waals surface area (Å²) >= 11 is 1.52. The minimum absolute atomic E-state index is 0.228. The molecule has 1 saturated heterocycles. The molecular formula is C14H20N2O2S. The van der Waals surface area contributed by atoms with Crippen molar-refractivity contribution in [3.63, 3.8) is 0 Å². The van der Waals surface area contributed by atoms with Gasteiger partial charge in [0.05, 0.1) is 0 Å². The van der Waals surface area contributed by atoms with Gasteiger partial charge in [-0.25, -0.2) is 9.78 Å². The van der Waals surface area contributed by atoms with Crippen LogP contribution in [0.25, 0.3) is 0 Å². The Morgan fingerprint density at radius 2 is 2.05 bits per heavy atom.